The molecule has 1 fully saturated rings. The number of nitrogens with one attached hydrogen (secondary N) is 2. The van der Waals surface area contributed by atoms with Crippen molar-refractivity contribution >= 4 is 18.0 Å². The van der Waals surface area contributed by atoms with Crippen LogP contribution in [0.1, 0.15) is 50.2 Å². The van der Waals surface area contributed by atoms with Crippen LogP contribution in [-0.4, -0.2) is 42.3 Å². The number of benzene rings is 2. The SMILES string of the molecule is CC(NC(=O)CC(CNC(=O)OCC1c2ccccc2-c2ccccc21)C1CC1)C(C)C(=O)O. The van der Waals surface area contributed by atoms with Crippen LogP contribution in [0.5, 0.6) is 0 Å². The fourth-order valence-electron chi connectivity index (χ4n) is 4.73. The standard InChI is InChI=1S/C27H32N2O5/c1-16(26(31)32)17(2)29-25(30)13-19(18-11-12-18)14-28-27(33)34-15-24-22-9-5-3-7-20(22)21-8-4-6-10-23(21)24/h3-10,16-19,24H,11-15H2,1-2H3,(H,28,33)(H,29,30)(H,31,32). The Kier molecular flexibility index (Phi) is 7.20. The minimum atomic E-state index is -0.941. The average molecular weight is 465 g/mol. The maximum atomic E-state index is 12.5. The fraction of sp³-hybridized carbons (Fsp3) is 0.444. The molecule has 2 aromatic rings. The molecule has 4 rings (SSSR count). The van der Waals surface area contributed by atoms with E-state index in [1.807, 2.05) is 24.3 Å². The van der Waals surface area contributed by atoms with Crippen molar-refractivity contribution in [2.45, 2.75) is 45.1 Å². The van der Waals surface area contributed by atoms with Crippen molar-refractivity contribution in [3.05, 3.63) is 59.7 Å². The number of carboxylic acid groups (broad SMARTS) is 1. The number of carbonyl (C=O) groups excluding carboxylic acids is 2. The molecule has 3 unspecified atom stereocenters. The highest BCUT2D eigenvalue weighted by molar-refractivity contribution is 5.79. The van der Waals surface area contributed by atoms with E-state index in [0.717, 1.165) is 24.0 Å². The Hall–Kier alpha value is -3.35. The van der Waals surface area contributed by atoms with Gasteiger partial charge in [0, 0.05) is 24.9 Å². The average Bonchev–Trinajstić information content (AvgIpc) is 3.62. The molecule has 180 valence electrons. The first-order valence-corrected chi connectivity index (χ1v) is 12.0. The van der Waals surface area contributed by atoms with E-state index in [4.69, 9.17) is 9.84 Å². The van der Waals surface area contributed by atoms with Gasteiger partial charge in [-0.2, -0.15) is 0 Å². The molecular weight excluding hydrogens is 432 g/mol. The number of ether oxygens (including phenoxy) is 1. The van der Waals surface area contributed by atoms with Crippen LogP contribution in [0.15, 0.2) is 48.5 Å². The van der Waals surface area contributed by atoms with Gasteiger partial charge in [0.25, 0.3) is 0 Å². The topological polar surface area (TPSA) is 105 Å². The van der Waals surface area contributed by atoms with Crippen LogP contribution < -0.4 is 10.6 Å². The highest BCUT2D eigenvalue weighted by Gasteiger charge is 2.34. The largest absolute Gasteiger partial charge is 0.481 e. The molecule has 0 bridgehead atoms. The summed E-state index contributed by atoms with van der Waals surface area (Å²) in [5.41, 5.74) is 4.68. The summed E-state index contributed by atoms with van der Waals surface area (Å²) in [6.45, 7) is 3.87. The molecule has 2 amide bonds. The van der Waals surface area contributed by atoms with E-state index in [-0.39, 0.29) is 30.8 Å². The minimum absolute atomic E-state index is 0.000805. The first kappa shape index (κ1) is 23.8. The van der Waals surface area contributed by atoms with E-state index in [0.29, 0.717) is 12.5 Å². The molecule has 0 spiro atoms. The van der Waals surface area contributed by atoms with Crippen molar-refractivity contribution in [3.63, 3.8) is 0 Å². The van der Waals surface area contributed by atoms with Crippen LogP contribution in [0.25, 0.3) is 11.1 Å². The lowest BCUT2D eigenvalue weighted by Gasteiger charge is -2.21. The Morgan fingerprint density at radius 1 is 1.00 bits per heavy atom. The second-order valence-electron chi connectivity index (χ2n) is 9.49. The van der Waals surface area contributed by atoms with E-state index in [9.17, 15) is 14.4 Å². The molecule has 7 nitrogen and oxygen atoms in total. The third-order valence-electron chi connectivity index (χ3n) is 7.12. The zero-order valence-corrected chi connectivity index (χ0v) is 19.6. The third-order valence-corrected chi connectivity index (χ3v) is 7.12. The first-order chi connectivity index (χ1) is 16.3. The van der Waals surface area contributed by atoms with Crippen molar-refractivity contribution in [3.8, 4) is 11.1 Å². The molecule has 0 saturated heterocycles. The van der Waals surface area contributed by atoms with E-state index < -0.39 is 24.0 Å². The van der Waals surface area contributed by atoms with Crippen molar-refractivity contribution in [1.29, 1.82) is 0 Å². The molecule has 0 radical (unpaired) electrons. The zero-order chi connectivity index (χ0) is 24.2. The lowest BCUT2D eigenvalue weighted by Crippen LogP contribution is -2.42. The van der Waals surface area contributed by atoms with E-state index in [1.54, 1.807) is 13.8 Å². The van der Waals surface area contributed by atoms with Gasteiger partial charge in [-0.15, -0.1) is 0 Å². The number of aliphatic carboxylic acids is 1. The lowest BCUT2D eigenvalue weighted by molar-refractivity contribution is -0.142. The molecule has 1 saturated carbocycles. The number of rotatable bonds is 10. The Morgan fingerprint density at radius 3 is 2.15 bits per heavy atom. The summed E-state index contributed by atoms with van der Waals surface area (Å²) in [6, 6.07) is 15.9. The van der Waals surface area contributed by atoms with Gasteiger partial charge in [-0.25, -0.2) is 4.79 Å². The number of fused-ring (bicyclic) bond motifs is 3. The highest BCUT2D eigenvalue weighted by atomic mass is 16.5. The number of hydrogen-bond donors (Lipinski definition) is 3. The van der Waals surface area contributed by atoms with Crippen LogP contribution in [-0.2, 0) is 14.3 Å². The van der Waals surface area contributed by atoms with Crippen molar-refractivity contribution in [2.24, 2.45) is 17.8 Å². The van der Waals surface area contributed by atoms with Gasteiger partial charge >= 0.3 is 12.1 Å². The number of carboxylic acids is 1. The molecule has 7 heteroatoms. The van der Waals surface area contributed by atoms with Gasteiger partial charge in [0.2, 0.25) is 5.91 Å². The fourth-order valence-corrected chi connectivity index (χ4v) is 4.73. The van der Waals surface area contributed by atoms with Gasteiger partial charge in [-0.3, -0.25) is 9.59 Å². The molecule has 0 aliphatic heterocycles. The summed E-state index contributed by atoms with van der Waals surface area (Å²) in [5.74, 6) is -1.39. The summed E-state index contributed by atoms with van der Waals surface area (Å²) < 4.78 is 5.60. The second-order valence-corrected chi connectivity index (χ2v) is 9.49. The quantitative estimate of drug-likeness (QED) is 0.490. The molecule has 3 atom stereocenters. The van der Waals surface area contributed by atoms with Gasteiger partial charge in [0.05, 0.1) is 5.92 Å². The number of carbonyl (C=O) groups is 3. The van der Waals surface area contributed by atoms with E-state index in [2.05, 4.69) is 34.9 Å². The summed E-state index contributed by atoms with van der Waals surface area (Å²) in [7, 11) is 0. The summed E-state index contributed by atoms with van der Waals surface area (Å²) >= 11 is 0. The van der Waals surface area contributed by atoms with Crippen molar-refractivity contribution in [2.75, 3.05) is 13.2 Å². The van der Waals surface area contributed by atoms with Crippen molar-refractivity contribution in [1.82, 2.24) is 10.6 Å². The molecule has 2 aromatic carbocycles. The van der Waals surface area contributed by atoms with Crippen LogP contribution in [0, 0.1) is 17.8 Å². The van der Waals surface area contributed by atoms with Gasteiger partial charge < -0.3 is 20.5 Å². The maximum Gasteiger partial charge on any atom is 0.407 e. The van der Waals surface area contributed by atoms with E-state index in [1.165, 1.54) is 11.1 Å². The Labute approximate surface area is 199 Å². The molecular formula is C27H32N2O5. The molecule has 2 aliphatic carbocycles. The third kappa shape index (κ3) is 5.41. The van der Waals surface area contributed by atoms with Crippen LogP contribution in [0.2, 0.25) is 0 Å². The summed E-state index contributed by atoms with van der Waals surface area (Å²) in [6.07, 6.45) is 1.84. The normalized spacial score (nSPS) is 17.1. The Bertz CT molecular complexity index is 1020. The Morgan fingerprint density at radius 2 is 1.59 bits per heavy atom. The van der Waals surface area contributed by atoms with Crippen LogP contribution in [0.4, 0.5) is 4.79 Å². The monoisotopic (exact) mass is 464 g/mol. The molecule has 2 aliphatic rings. The van der Waals surface area contributed by atoms with Crippen LogP contribution >= 0.6 is 0 Å². The van der Waals surface area contributed by atoms with Gasteiger partial charge in [-0.1, -0.05) is 48.5 Å². The molecule has 0 aromatic heterocycles. The van der Waals surface area contributed by atoms with Gasteiger partial charge in [-0.05, 0) is 60.8 Å². The predicted molar refractivity (Wildman–Crippen MR) is 128 cm³/mol. The minimum Gasteiger partial charge on any atom is -0.481 e. The number of alkyl carbamates (subject to hydrolysis) is 1. The zero-order valence-electron chi connectivity index (χ0n) is 19.6. The molecule has 3 N–H and O–H groups in total. The second kappa shape index (κ2) is 10.3. The van der Waals surface area contributed by atoms with Crippen LogP contribution in [0.3, 0.4) is 0 Å². The Balaban J connectivity index is 1.28. The summed E-state index contributed by atoms with van der Waals surface area (Å²) in [4.78, 5) is 36.1. The van der Waals surface area contributed by atoms with Gasteiger partial charge in [0.1, 0.15) is 6.61 Å². The predicted octanol–water partition coefficient (Wildman–Crippen LogP) is 4.17. The number of amides is 2. The van der Waals surface area contributed by atoms with E-state index >= 15 is 0 Å². The van der Waals surface area contributed by atoms with Gasteiger partial charge in [0.15, 0.2) is 0 Å². The first-order valence-electron chi connectivity index (χ1n) is 12.0. The highest BCUT2D eigenvalue weighted by Crippen LogP contribution is 2.44. The smallest absolute Gasteiger partial charge is 0.407 e. The summed E-state index contributed by atoms with van der Waals surface area (Å²) in [5, 5.41) is 14.7. The van der Waals surface area contributed by atoms with Crippen molar-refractivity contribution < 1.29 is 24.2 Å². The lowest BCUT2D eigenvalue weighted by atomic mass is 9.98. The molecule has 34 heavy (non-hydrogen) atoms. The maximum absolute atomic E-state index is 12.5. The number of hydrogen-bond acceptors (Lipinski definition) is 4. The molecule has 0 heterocycles.